The Kier molecular flexibility index (Phi) is 9.55. The zero-order valence-corrected chi connectivity index (χ0v) is 20.2. The SMILES string of the molecule is Oc1ccc(N=Cc2cc(CN3CCOCCOc4ccccc4OCCOCC3)ccc2O)cc1. The fraction of sp³-hybridized carbons (Fsp3) is 0.321. The molecule has 0 fully saturated rings. The highest BCUT2D eigenvalue weighted by Gasteiger charge is 2.10. The van der Waals surface area contributed by atoms with E-state index in [4.69, 9.17) is 18.9 Å². The third-order valence-corrected chi connectivity index (χ3v) is 5.62. The third-order valence-electron chi connectivity index (χ3n) is 5.62. The average molecular weight is 493 g/mol. The van der Waals surface area contributed by atoms with Crippen molar-refractivity contribution >= 4 is 11.9 Å². The number of benzene rings is 3. The van der Waals surface area contributed by atoms with Gasteiger partial charge in [0.25, 0.3) is 0 Å². The number of ether oxygens (including phenoxy) is 4. The number of hydrogen-bond donors (Lipinski definition) is 2. The lowest BCUT2D eigenvalue weighted by molar-refractivity contribution is 0.0575. The van der Waals surface area contributed by atoms with Crippen molar-refractivity contribution in [2.45, 2.75) is 6.54 Å². The third kappa shape index (κ3) is 7.98. The van der Waals surface area contributed by atoms with Gasteiger partial charge in [0.1, 0.15) is 24.7 Å². The summed E-state index contributed by atoms with van der Waals surface area (Å²) in [5, 5.41) is 19.7. The van der Waals surface area contributed by atoms with Gasteiger partial charge >= 0.3 is 0 Å². The summed E-state index contributed by atoms with van der Waals surface area (Å²) < 4.78 is 23.2. The first-order valence-corrected chi connectivity index (χ1v) is 12.0. The van der Waals surface area contributed by atoms with E-state index in [0.717, 1.165) is 18.7 Å². The largest absolute Gasteiger partial charge is 0.508 e. The molecule has 2 N–H and O–H groups in total. The van der Waals surface area contributed by atoms with Gasteiger partial charge in [-0.2, -0.15) is 0 Å². The van der Waals surface area contributed by atoms with Gasteiger partial charge in [0, 0.05) is 31.4 Å². The molecular weight excluding hydrogens is 460 g/mol. The van der Waals surface area contributed by atoms with E-state index in [2.05, 4.69) is 9.89 Å². The molecule has 0 saturated heterocycles. The van der Waals surface area contributed by atoms with Crippen molar-refractivity contribution < 1.29 is 29.2 Å². The van der Waals surface area contributed by atoms with Gasteiger partial charge in [-0.25, -0.2) is 0 Å². The Labute approximate surface area is 211 Å². The molecule has 0 amide bonds. The van der Waals surface area contributed by atoms with Gasteiger partial charge in [0.2, 0.25) is 0 Å². The number of hydrogen-bond acceptors (Lipinski definition) is 8. The van der Waals surface area contributed by atoms with Gasteiger partial charge in [-0.15, -0.1) is 0 Å². The van der Waals surface area contributed by atoms with Gasteiger partial charge in [-0.05, 0) is 54.1 Å². The maximum Gasteiger partial charge on any atom is 0.161 e. The van der Waals surface area contributed by atoms with Gasteiger partial charge in [-0.1, -0.05) is 18.2 Å². The highest BCUT2D eigenvalue weighted by molar-refractivity contribution is 5.85. The Morgan fingerprint density at radius 1 is 0.750 bits per heavy atom. The van der Waals surface area contributed by atoms with E-state index in [1.165, 1.54) is 0 Å². The highest BCUT2D eigenvalue weighted by Crippen LogP contribution is 2.26. The van der Waals surface area contributed by atoms with E-state index in [1.807, 2.05) is 36.4 Å². The highest BCUT2D eigenvalue weighted by atomic mass is 16.6. The Morgan fingerprint density at radius 2 is 1.39 bits per heavy atom. The van der Waals surface area contributed by atoms with Crippen molar-refractivity contribution in [3.05, 3.63) is 77.9 Å². The first-order valence-electron chi connectivity index (χ1n) is 12.0. The van der Waals surface area contributed by atoms with E-state index in [0.29, 0.717) is 68.9 Å². The van der Waals surface area contributed by atoms with Crippen LogP contribution in [-0.4, -0.2) is 74.1 Å². The van der Waals surface area contributed by atoms with Crippen LogP contribution in [0.15, 0.2) is 71.7 Å². The molecule has 0 spiro atoms. The molecule has 0 aromatic heterocycles. The lowest BCUT2D eigenvalue weighted by Crippen LogP contribution is -2.31. The minimum Gasteiger partial charge on any atom is -0.508 e. The van der Waals surface area contributed by atoms with Crippen molar-refractivity contribution in [2.24, 2.45) is 4.99 Å². The first-order chi connectivity index (χ1) is 17.7. The van der Waals surface area contributed by atoms with Crippen LogP contribution < -0.4 is 9.47 Å². The molecule has 1 aliphatic heterocycles. The predicted octanol–water partition coefficient (Wildman–Crippen LogP) is 4.16. The predicted molar refractivity (Wildman–Crippen MR) is 138 cm³/mol. The van der Waals surface area contributed by atoms with Crippen LogP contribution in [0, 0.1) is 0 Å². The number of para-hydroxylation sites is 2. The topological polar surface area (TPSA) is 93.0 Å². The number of aromatic hydroxyl groups is 2. The van der Waals surface area contributed by atoms with Crippen LogP contribution in [-0.2, 0) is 16.0 Å². The number of nitrogens with zero attached hydrogens (tertiary/aromatic N) is 2. The van der Waals surface area contributed by atoms with Crippen molar-refractivity contribution in [2.75, 3.05) is 52.7 Å². The molecule has 0 bridgehead atoms. The molecule has 0 radical (unpaired) electrons. The summed E-state index contributed by atoms with van der Waals surface area (Å²) in [4.78, 5) is 6.66. The minimum absolute atomic E-state index is 0.158. The summed E-state index contributed by atoms with van der Waals surface area (Å²) in [7, 11) is 0. The molecular formula is C28H32N2O6. The summed E-state index contributed by atoms with van der Waals surface area (Å²) in [6.45, 7) is 5.11. The van der Waals surface area contributed by atoms with Crippen LogP contribution in [0.3, 0.4) is 0 Å². The van der Waals surface area contributed by atoms with E-state index in [-0.39, 0.29) is 11.5 Å². The Balaban J connectivity index is 1.36. The standard InChI is InChI=1S/C28H32N2O6/c31-25-8-6-24(7-9-25)29-20-23-19-22(5-10-26(23)32)21-30-11-13-33-15-17-35-27-3-1-2-4-28(27)36-18-16-34-14-12-30/h1-10,19-20,31-32H,11-18,21H2. The second-order valence-electron chi connectivity index (χ2n) is 8.31. The maximum atomic E-state index is 10.3. The zero-order valence-electron chi connectivity index (χ0n) is 20.2. The normalized spacial score (nSPS) is 16.3. The summed E-state index contributed by atoms with van der Waals surface area (Å²) in [5.41, 5.74) is 2.36. The number of rotatable bonds is 4. The second kappa shape index (κ2) is 13.5. The fourth-order valence-electron chi connectivity index (χ4n) is 3.72. The fourth-order valence-corrected chi connectivity index (χ4v) is 3.72. The van der Waals surface area contributed by atoms with E-state index in [9.17, 15) is 10.2 Å². The molecule has 190 valence electrons. The first kappa shape index (κ1) is 25.5. The van der Waals surface area contributed by atoms with Crippen molar-refractivity contribution in [1.29, 1.82) is 0 Å². The summed E-state index contributed by atoms with van der Waals surface area (Å²) in [6.07, 6.45) is 1.63. The number of phenols is 2. The monoisotopic (exact) mass is 492 g/mol. The van der Waals surface area contributed by atoms with Crippen molar-refractivity contribution in [3.8, 4) is 23.0 Å². The number of phenolic OH excluding ortho intramolecular Hbond substituents is 2. The molecule has 8 heteroatoms. The summed E-state index contributed by atoms with van der Waals surface area (Å²) in [5.74, 6) is 1.75. The Hall–Kier alpha value is -3.59. The van der Waals surface area contributed by atoms with E-state index < -0.39 is 0 Å². The van der Waals surface area contributed by atoms with E-state index in [1.54, 1.807) is 36.5 Å². The van der Waals surface area contributed by atoms with Gasteiger partial charge in [0.15, 0.2) is 11.5 Å². The van der Waals surface area contributed by atoms with E-state index >= 15 is 0 Å². The minimum atomic E-state index is 0.158. The van der Waals surface area contributed by atoms with Crippen LogP contribution >= 0.6 is 0 Å². The Morgan fingerprint density at radius 3 is 2.03 bits per heavy atom. The van der Waals surface area contributed by atoms with Crippen LogP contribution in [0.5, 0.6) is 23.0 Å². The smallest absolute Gasteiger partial charge is 0.161 e. The van der Waals surface area contributed by atoms with Crippen molar-refractivity contribution in [1.82, 2.24) is 4.90 Å². The maximum absolute atomic E-state index is 10.3. The molecule has 3 aromatic carbocycles. The number of fused-ring (bicyclic) bond motifs is 1. The van der Waals surface area contributed by atoms with Crippen LogP contribution in [0.2, 0.25) is 0 Å². The Bertz CT molecular complexity index is 1080. The molecule has 0 saturated carbocycles. The van der Waals surface area contributed by atoms with Crippen LogP contribution in [0.25, 0.3) is 0 Å². The molecule has 0 unspecified atom stereocenters. The molecule has 0 atom stereocenters. The zero-order chi connectivity index (χ0) is 25.0. The summed E-state index contributed by atoms with van der Waals surface area (Å²) in [6, 6.07) is 19.7. The van der Waals surface area contributed by atoms with Crippen LogP contribution in [0.1, 0.15) is 11.1 Å². The number of aliphatic imine (C=N–C) groups is 1. The molecule has 4 rings (SSSR count). The lowest BCUT2D eigenvalue weighted by atomic mass is 10.1. The van der Waals surface area contributed by atoms with Crippen molar-refractivity contribution in [3.63, 3.8) is 0 Å². The lowest BCUT2D eigenvalue weighted by Gasteiger charge is -2.22. The molecule has 36 heavy (non-hydrogen) atoms. The van der Waals surface area contributed by atoms with Crippen LogP contribution in [0.4, 0.5) is 5.69 Å². The second-order valence-corrected chi connectivity index (χ2v) is 8.31. The molecule has 8 nitrogen and oxygen atoms in total. The molecule has 3 aromatic rings. The molecule has 1 heterocycles. The average Bonchev–Trinajstić information content (AvgIpc) is 2.90. The van der Waals surface area contributed by atoms with Gasteiger partial charge < -0.3 is 29.2 Å². The summed E-state index contributed by atoms with van der Waals surface area (Å²) >= 11 is 0. The quantitative estimate of drug-likeness (QED) is 0.529. The molecule has 0 aliphatic carbocycles. The van der Waals surface area contributed by atoms with Gasteiger partial charge in [0.05, 0.1) is 32.1 Å². The van der Waals surface area contributed by atoms with Gasteiger partial charge in [-0.3, -0.25) is 9.89 Å². The molecule has 1 aliphatic rings.